The van der Waals surface area contributed by atoms with Crippen molar-refractivity contribution in [1.29, 1.82) is 0 Å². The van der Waals surface area contributed by atoms with Crippen LogP contribution >= 0.6 is 11.8 Å². The first kappa shape index (κ1) is 12.9. The SMILES string of the molecule is CC(C)CSC1CC(=O)N(C(C)(C)C)C1. The molecule has 0 aliphatic carbocycles. The molecule has 1 unspecified atom stereocenters. The molecular formula is C12H23NOS. The highest BCUT2D eigenvalue weighted by atomic mass is 32.2. The molecule has 1 amide bonds. The lowest BCUT2D eigenvalue weighted by atomic mass is 10.1. The first-order valence-corrected chi connectivity index (χ1v) is 6.77. The standard InChI is InChI=1S/C12H23NOS/c1-9(2)8-15-10-6-11(14)13(7-10)12(3,4)5/h9-10H,6-8H2,1-5H3. The number of rotatable bonds is 3. The Morgan fingerprint density at radius 3 is 2.47 bits per heavy atom. The third-order valence-electron chi connectivity index (χ3n) is 2.56. The smallest absolute Gasteiger partial charge is 0.224 e. The molecule has 0 N–H and O–H groups in total. The van der Waals surface area contributed by atoms with Gasteiger partial charge in [-0.1, -0.05) is 13.8 Å². The van der Waals surface area contributed by atoms with Crippen LogP contribution < -0.4 is 0 Å². The molecule has 2 nitrogen and oxygen atoms in total. The van der Waals surface area contributed by atoms with Crippen molar-refractivity contribution in [3.05, 3.63) is 0 Å². The number of carbonyl (C=O) groups is 1. The molecule has 1 saturated heterocycles. The van der Waals surface area contributed by atoms with Gasteiger partial charge in [-0.25, -0.2) is 0 Å². The lowest BCUT2D eigenvalue weighted by Gasteiger charge is -2.32. The second-order valence-electron chi connectivity index (χ2n) is 5.73. The summed E-state index contributed by atoms with van der Waals surface area (Å²) in [5.74, 6) is 2.20. The van der Waals surface area contributed by atoms with Gasteiger partial charge in [0.05, 0.1) is 0 Å². The van der Waals surface area contributed by atoms with Crippen molar-refractivity contribution in [2.75, 3.05) is 12.3 Å². The Labute approximate surface area is 97.8 Å². The minimum absolute atomic E-state index is 0.00970. The van der Waals surface area contributed by atoms with Crippen LogP contribution in [0.15, 0.2) is 0 Å². The van der Waals surface area contributed by atoms with E-state index >= 15 is 0 Å². The maximum Gasteiger partial charge on any atom is 0.224 e. The average Bonchev–Trinajstić information content (AvgIpc) is 2.42. The molecule has 0 radical (unpaired) electrons. The van der Waals surface area contributed by atoms with Crippen LogP contribution in [0.2, 0.25) is 0 Å². The van der Waals surface area contributed by atoms with Gasteiger partial charge in [0.2, 0.25) is 5.91 Å². The Morgan fingerprint density at radius 1 is 1.47 bits per heavy atom. The summed E-state index contributed by atoms with van der Waals surface area (Å²) < 4.78 is 0. The molecule has 1 aliphatic heterocycles. The Balaban J connectivity index is 2.46. The molecule has 0 aromatic heterocycles. The minimum atomic E-state index is -0.00970. The van der Waals surface area contributed by atoms with Crippen LogP contribution in [-0.4, -0.2) is 33.9 Å². The van der Waals surface area contributed by atoms with Crippen LogP contribution in [0.1, 0.15) is 41.0 Å². The highest BCUT2D eigenvalue weighted by molar-refractivity contribution is 8.00. The Kier molecular flexibility index (Phi) is 4.10. The maximum absolute atomic E-state index is 11.8. The van der Waals surface area contributed by atoms with Gasteiger partial charge in [0.25, 0.3) is 0 Å². The molecule has 1 aliphatic rings. The van der Waals surface area contributed by atoms with Gasteiger partial charge in [0.15, 0.2) is 0 Å². The third-order valence-corrected chi connectivity index (χ3v) is 4.21. The van der Waals surface area contributed by atoms with Crippen molar-refractivity contribution in [2.24, 2.45) is 5.92 Å². The molecule has 0 saturated carbocycles. The molecule has 1 fully saturated rings. The van der Waals surface area contributed by atoms with E-state index in [-0.39, 0.29) is 5.54 Å². The van der Waals surface area contributed by atoms with E-state index < -0.39 is 0 Å². The second kappa shape index (κ2) is 4.77. The highest BCUT2D eigenvalue weighted by Gasteiger charge is 2.36. The van der Waals surface area contributed by atoms with Crippen LogP contribution in [-0.2, 0) is 4.79 Å². The predicted octanol–water partition coefficient (Wildman–Crippen LogP) is 2.78. The fourth-order valence-corrected chi connectivity index (χ4v) is 2.94. The summed E-state index contributed by atoms with van der Waals surface area (Å²) >= 11 is 1.95. The summed E-state index contributed by atoms with van der Waals surface area (Å²) in [4.78, 5) is 13.8. The van der Waals surface area contributed by atoms with Crippen LogP contribution in [0, 0.1) is 5.92 Å². The fraction of sp³-hybridized carbons (Fsp3) is 0.917. The number of likely N-dealkylation sites (tertiary alicyclic amines) is 1. The molecule has 1 atom stereocenters. The molecule has 1 heterocycles. The van der Waals surface area contributed by atoms with Gasteiger partial charge >= 0.3 is 0 Å². The Bertz CT molecular complexity index is 232. The lowest BCUT2D eigenvalue weighted by Crippen LogP contribution is -2.42. The van der Waals surface area contributed by atoms with Crippen molar-refractivity contribution < 1.29 is 4.79 Å². The number of hydrogen-bond donors (Lipinski definition) is 0. The highest BCUT2D eigenvalue weighted by Crippen LogP contribution is 2.29. The van der Waals surface area contributed by atoms with Crippen LogP contribution in [0.25, 0.3) is 0 Å². The largest absolute Gasteiger partial charge is 0.337 e. The van der Waals surface area contributed by atoms with E-state index in [9.17, 15) is 4.79 Å². The van der Waals surface area contributed by atoms with Crippen LogP contribution in [0.4, 0.5) is 0 Å². The molecule has 15 heavy (non-hydrogen) atoms. The molecule has 0 aromatic rings. The summed E-state index contributed by atoms with van der Waals surface area (Å²) in [6.07, 6.45) is 0.731. The summed E-state index contributed by atoms with van der Waals surface area (Å²) in [5, 5.41) is 0.513. The van der Waals surface area contributed by atoms with E-state index in [2.05, 4.69) is 34.6 Å². The van der Waals surface area contributed by atoms with Crippen molar-refractivity contribution in [1.82, 2.24) is 4.90 Å². The zero-order chi connectivity index (χ0) is 11.6. The third kappa shape index (κ3) is 3.71. The van der Waals surface area contributed by atoms with Gasteiger partial charge in [-0.05, 0) is 32.4 Å². The summed E-state index contributed by atoms with van der Waals surface area (Å²) in [5.41, 5.74) is -0.00970. The van der Waals surface area contributed by atoms with E-state index in [1.165, 1.54) is 0 Å². The van der Waals surface area contributed by atoms with Crippen molar-refractivity contribution >= 4 is 17.7 Å². The summed E-state index contributed by atoms with van der Waals surface area (Å²) in [6, 6.07) is 0. The van der Waals surface area contributed by atoms with Crippen molar-refractivity contribution in [3.63, 3.8) is 0 Å². The zero-order valence-corrected chi connectivity index (χ0v) is 11.4. The van der Waals surface area contributed by atoms with E-state index in [0.717, 1.165) is 18.7 Å². The monoisotopic (exact) mass is 229 g/mol. The van der Waals surface area contributed by atoms with Gasteiger partial charge < -0.3 is 4.90 Å². The molecule has 0 aromatic carbocycles. The molecular weight excluding hydrogens is 206 g/mol. The van der Waals surface area contributed by atoms with Gasteiger partial charge in [0, 0.05) is 23.8 Å². The normalized spacial score (nSPS) is 22.9. The molecule has 1 rings (SSSR count). The predicted molar refractivity (Wildman–Crippen MR) is 67.2 cm³/mol. The number of nitrogens with zero attached hydrogens (tertiary/aromatic N) is 1. The quantitative estimate of drug-likeness (QED) is 0.741. The number of hydrogen-bond acceptors (Lipinski definition) is 2. The molecule has 0 bridgehead atoms. The zero-order valence-electron chi connectivity index (χ0n) is 10.5. The average molecular weight is 229 g/mol. The fourth-order valence-electron chi connectivity index (χ4n) is 1.76. The number of amides is 1. The van der Waals surface area contributed by atoms with Crippen molar-refractivity contribution in [2.45, 2.75) is 51.8 Å². The van der Waals surface area contributed by atoms with Gasteiger partial charge in [-0.3, -0.25) is 4.79 Å². The summed E-state index contributed by atoms with van der Waals surface area (Å²) in [6.45, 7) is 11.7. The topological polar surface area (TPSA) is 20.3 Å². The lowest BCUT2D eigenvalue weighted by molar-refractivity contribution is -0.131. The van der Waals surface area contributed by atoms with Gasteiger partial charge in [-0.2, -0.15) is 11.8 Å². The first-order chi connectivity index (χ1) is 6.80. The van der Waals surface area contributed by atoms with Crippen LogP contribution in [0.5, 0.6) is 0 Å². The minimum Gasteiger partial charge on any atom is -0.337 e. The number of thioether (sulfide) groups is 1. The molecule has 88 valence electrons. The Morgan fingerprint density at radius 2 is 2.07 bits per heavy atom. The molecule has 0 spiro atoms. The van der Waals surface area contributed by atoms with E-state index in [1.54, 1.807) is 0 Å². The number of carbonyl (C=O) groups excluding carboxylic acids is 1. The van der Waals surface area contributed by atoms with Crippen molar-refractivity contribution in [3.8, 4) is 0 Å². The second-order valence-corrected chi connectivity index (χ2v) is 7.06. The van der Waals surface area contributed by atoms with Gasteiger partial charge in [-0.15, -0.1) is 0 Å². The van der Waals surface area contributed by atoms with E-state index in [4.69, 9.17) is 0 Å². The van der Waals surface area contributed by atoms with Gasteiger partial charge in [0.1, 0.15) is 0 Å². The molecule has 3 heteroatoms. The maximum atomic E-state index is 11.8. The van der Waals surface area contributed by atoms with Crippen LogP contribution in [0.3, 0.4) is 0 Å². The van der Waals surface area contributed by atoms with E-state index in [1.807, 2.05) is 16.7 Å². The summed E-state index contributed by atoms with van der Waals surface area (Å²) in [7, 11) is 0. The van der Waals surface area contributed by atoms with E-state index in [0.29, 0.717) is 17.1 Å². The first-order valence-electron chi connectivity index (χ1n) is 5.72. The Hall–Kier alpha value is -0.180.